The van der Waals surface area contributed by atoms with Crippen molar-refractivity contribution in [2.45, 2.75) is 13.0 Å². The highest BCUT2D eigenvalue weighted by Crippen LogP contribution is 2.07. The molecule has 4 nitrogen and oxygen atoms in total. The van der Waals surface area contributed by atoms with Crippen LogP contribution in [0.4, 0.5) is 0 Å². The van der Waals surface area contributed by atoms with Crippen molar-refractivity contribution in [3.63, 3.8) is 0 Å². The molecule has 0 atom stereocenters. The summed E-state index contributed by atoms with van der Waals surface area (Å²) in [5.74, 6) is 0. The van der Waals surface area contributed by atoms with Gasteiger partial charge in [0, 0.05) is 30.3 Å². The van der Waals surface area contributed by atoms with Crippen LogP contribution in [0.25, 0.3) is 0 Å². The highest BCUT2D eigenvalue weighted by Gasteiger charge is 2.08. The first-order valence-electron chi connectivity index (χ1n) is 6.46. The minimum absolute atomic E-state index is 0.844. The minimum Gasteiger partial charge on any atom is -0.379 e. The molecule has 18 heavy (non-hydrogen) atoms. The molecule has 2 rings (SSSR count). The maximum Gasteiger partial charge on any atom is 0.0594 e. The molecule has 1 fully saturated rings. The normalized spacial score (nSPS) is 16.9. The number of halogens is 1. The topological polar surface area (TPSA) is 37.4 Å². The van der Waals surface area contributed by atoms with Crippen LogP contribution in [0.1, 0.15) is 12.1 Å². The van der Waals surface area contributed by atoms with E-state index in [0.29, 0.717) is 0 Å². The summed E-state index contributed by atoms with van der Waals surface area (Å²) < 4.78 is 6.35. The zero-order chi connectivity index (χ0) is 12.6. The van der Waals surface area contributed by atoms with Crippen LogP contribution in [0.15, 0.2) is 22.8 Å². The fraction of sp³-hybridized carbons (Fsp3) is 0.615. The van der Waals surface area contributed by atoms with E-state index in [-0.39, 0.29) is 0 Å². The second kappa shape index (κ2) is 7.84. The molecule has 1 aliphatic rings. The van der Waals surface area contributed by atoms with Crippen molar-refractivity contribution >= 4 is 15.9 Å². The van der Waals surface area contributed by atoms with Gasteiger partial charge >= 0.3 is 0 Å². The van der Waals surface area contributed by atoms with Gasteiger partial charge in [0.15, 0.2) is 0 Å². The summed E-state index contributed by atoms with van der Waals surface area (Å²) in [5.41, 5.74) is 1.09. The number of hydrogen-bond donors (Lipinski definition) is 1. The first-order chi connectivity index (χ1) is 8.84. The molecule has 1 saturated heterocycles. The lowest BCUT2D eigenvalue weighted by Crippen LogP contribution is -2.37. The Labute approximate surface area is 117 Å². The molecule has 1 aromatic rings. The summed E-state index contributed by atoms with van der Waals surface area (Å²) in [6, 6.07) is 4.07. The molecular weight excluding hydrogens is 294 g/mol. The van der Waals surface area contributed by atoms with E-state index in [9.17, 15) is 0 Å². The summed E-state index contributed by atoms with van der Waals surface area (Å²) in [5, 5.41) is 3.42. The predicted octanol–water partition coefficient (Wildman–Crippen LogP) is 1.66. The van der Waals surface area contributed by atoms with Crippen LogP contribution in [0, 0.1) is 0 Å². The van der Waals surface area contributed by atoms with Crippen molar-refractivity contribution in [1.82, 2.24) is 15.2 Å². The van der Waals surface area contributed by atoms with Gasteiger partial charge in [0.25, 0.3) is 0 Å². The molecule has 0 radical (unpaired) electrons. The Hall–Kier alpha value is -0.490. The fourth-order valence-corrected chi connectivity index (χ4v) is 2.21. The molecule has 100 valence electrons. The van der Waals surface area contributed by atoms with Gasteiger partial charge < -0.3 is 10.1 Å². The Morgan fingerprint density at radius 2 is 2.17 bits per heavy atom. The van der Waals surface area contributed by atoms with Gasteiger partial charge in [0.2, 0.25) is 0 Å². The van der Waals surface area contributed by atoms with Crippen molar-refractivity contribution in [3.8, 4) is 0 Å². The van der Waals surface area contributed by atoms with E-state index in [1.54, 1.807) is 0 Å². The van der Waals surface area contributed by atoms with Gasteiger partial charge in [-0.15, -0.1) is 0 Å². The zero-order valence-corrected chi connectivity index (χ0v) is 12.2. The monoisotopic (exact) mass is 313 g/mol. The number of hydrogen-bond acceptors (Lipinski definition) is 4. The molecule has 0 aliphatic carbocycles. The number of aromatic nitrogens is 1. The van der Waals surface area contributed by atoms with Crippen LogP contribution in [0.2, 0.25) is 0 Å². The van der Waals surface area contributed by atoms with Crippen molar-refractivity contribution in [2.24, 2.45) is 0 Å². The van der Waals surface area contributed by atoms with Crippen LogP contribution in [0.3, 0.4) is 0 Å². The standard InChI is InChI=1S/C13H20BrN3O/c14-12-2-3-13(16-10-12)11-15-4-1-5-17-6-8-18-9-7-17/h2-3,10,15H,1,4-9,11H2. The Balaban J connectivity index is 1.54. The molecule has 0 unspecified atom stereocenters. The Morgan fingerprint density at radius 1 is 1.33 bits per heavy atom. The van der Waals surface area contributed by atoms with Gasteiger partial charge in [0.05, 0.1) is 18.9 Å². The number of morpholine rings is 1. The summed E-state index contributed by atoms with van der Waals surface area (Å²) in [6.07, 6.45) is 3.02. The van der Waals surface area contributed by atoms with Gasteiger partial charge in [-0.25, -0.2) is 0 Å². The average molecular weight is 314 g/mol. The molecule has 0 amide bonds. The van der Waals surface area contributed by atoms with E-state index in [1.165, 1.54) is 6.42 Å². The summed E-state index contributed by atoms with van der Waals surface area (Å²) in [4.78, 5) is 6.79. The third-order valence-corrected chi connectivity index (χ3v) is 3.50. The van der Waals surface area contributed by atoms with E-state index < -0.39 is 0 Å². The summed E-state index contributed by atoms with van der Waals surface area (Å²) in [7, 11) is 0. The maximum atomic E-state index is 5.33. The molecule has 1 aliphatic heterocycles. The van der Waals surface area contributed by atoms with Crippen LogP contribution in [-0.4, -0.2) is 49.3 Å². The van der Waals surface area contributed by atoms with Gasteiger partial charge in [-0.2, -0.15) is 0 Å². The smallest absolute Gasteiger partial charge is 0.0594 e. The fourth-order valence-electron chi connectivity index (χ4n) is 1.98. The number of nitrogens with one attached hydrogen (secondary N) is 1. The first-order valence-corrected chi connectivity index (χ1v) is 7.25. The number of ether oxygens (including phenoxy) is 1. The van der Waals surface area contributed by atoms with Crippen molar-refractivity contribution in [3.05, 3.63) is 28.5 Å². The molecule has 5 heteroatoms. The molecule has 2 heterocycles. The Kier molecular flexibility index (Phi) is 6.07. The van der Waals surface area contributed by atoms with Gasteiger partial charge in [-0.05, 0) is 47.6 Å². The Morgan fingerprint density at radius 3 is 2.89 bits per heavy atom. The van der Waals surface area contributed by atoms with Crippen LogP contribution in [0.5, 0.6) is 0 Å². The van der Waals surface area contributed by atoms with Gasteiger partial charge in [-0.1, -0.05) is 0 Å². The van der Waals surface area contributed by atoms with Crippen molar-refractivity contribution in [2.75, 3.05) is 39.4 Å². The lowest BCUT2D eigenvalue weighted by atomic mass is 10.3. The maximum absolute atomic E-state index is 5.33. The lowest BCUT2D eigenvalue weighted by Gasteiger charge is -2.26. The number of pyridine rings is 1. The first kappa shape index (κ1) is 13.9. The van der Waals surface area contributed by atoms with E-state index in [0.717, 1.165) is 56.1 Å². The third-order valence-electron chi connectivity index (χ3n) is 3.03. The van der Waals surface area contributed by atoms with Crippen LogP contribution >= 0.6 is 15.9 Å². The largest absolute Gasteiger partial charge is 0.379 e. The van der Waals surface area contributed by atoms with E-state index in [2.05, 4.69) is 31.1 Å². The summed E-state index contributed by atoms with van der Waals surface area (Å²) in [6.45, 7) is 6.96. The quantitative estimate of drug-likeness (QED) is 0.811. The minimum atomic E-state index is 0.844. The summed E-state index contributed by atoms with van der Waals surface area (Å²) >= 11 is 3.38. The third kappa shape index (κ3) is 5.02. The van der Waals surface area contributed by atoms with Crippen LogP contribution < -0.4 is 5.32 Å². The highest BCUT2D eigenvalue weighted by molar-refractivity contribution is 9.10. The van der Waals surface area contributed by atoms with Crippen molar-refractivity contribution in [1.29, 1.82) is 0 Å². The van der Waals surface area contributed by atoms with E-state index in [1.807, 2.05) is 18.3 Å². The average Bonchev–Trinajstić information content (AvgIpc) is 2.42. The molecular formula is C13H20BrN3O. The van der Waals surface area contributed by atoms with Gasteiger partial charge in [0.1, 0.15) is 0 Å². The lowest BCUT2D eigenvalue weighted by molar-refractivity contribution is 0.0374. The number of rotatable bonds is 6. The van der Waals surface area contributed by atoms with Crippen LogP contribution in [-0.2, 0) is 11.3 Å². The van der Waals surface area contributed by atoms with Crippen molar-refractivity contribution < 1.29 is 4.74 Å². The molecule has 0 bridgehead atoms. The molecule has 0 spiro atoms. The Bertz CT molecular complexity index is 339. The SMILES string of the molecule is Brc1ccc(CNCCCN2CCOCC2)nc1. The molecule has 1 aromatic heterocycles. The molecule has 0 aromatic carbocycles. The number of nitrogens with zero attached hydrogens (tertiary/aromatic N) is 2. The van der Waals surface area contributed by atoms with E-state index >= 15 is 0 Å². The van der Waals surface area contributed by atoms with E-state index in [4.69, 9.17) is 4.74 Å². The zero-order valence-electron chi connectivity index (χ0n) is 10.6. The second-order valence-electron chi connectivity index (χ2n) is 4.45. The molecule has 0 saturated carbocycles. The highest BCUT2D eigenvalue weighted by atomic mass is 79.9. The molecule has 1 N–H and O–H groups in total. The van der Waals surface area contributed by atoms with Gasteiger partial charge in [-0.3, -0.25) is 9.88 Å². The predicted molar refractivity (Wildman–Crippen MR) is 75.5 cm³/mol. The second-order valence-corrected chi connectivity index (χ2v) is 5.37.